The monoisotopic (exact) mass is 688 g/mol. The van der Waals surface area contributed by atoms with E-state index in [0.717, 1.165) is 6.07 Å². The summed E-state index contributed by atoms with van der Waals surface area (Å²) < 4.78 is 57.9. The molecule has 0 aliphatic rings. The van der Waals surface area contributed by atoms with Crippen LogP contribution in [0.4, 0.5) is 17.6 Å². The van der Waals surface area contributed by atoms with Crippen molar-refractivity contribution in [3.8, 4) is 28.0 Å². The van der Waals surface area contributed by atoms with E-state index in [9.17, 15) is 37.4 Å². The quantitative estimate of drug-likeness (QED) is 0.107. The van der Waals surface area contributed by atoms with Gasteiger partial charge in [0.25, 0.3) is 5.91 Å². The average Bonchev–Trinajstić information content (AvgIpc) is 3.35. The van der Waals surface area contributed by atoms with Crippen LogP contribution in [-0.2, 0) is 11.3 Å². The number of carboxylic acid groups (broad SMARTS) is 1. The maximum absolute atomic E-state index is 14.2. The van der Waals surface area contributed by atoms with E-state index >= 15 is 0 Å². The maximum Gasteiger partial charge on any atom is 0.573 e. The molecule has 0 saturated carbocycles. The first-order valence-corrected chi connectivity index (χ1v) is 15.2. The number of nitrogens with zero attached hydrogens (tertiary/aromatic N) is 1. The Morgan fingerprint density at radius 2 is 1.62 bits per heavy atom. The number of halogens is 5. The lowest BCUT2D eigenvalue weighted by Crippen LogP contribution is -2.27. The molecule has 2 unspecified atom stereocenters. The first-order chi connectivity index (χ1) is 22.6. The molecule has 1 amide bonds. The summed E-state index contributed by atoms with van der Waals surface area (Å²) in [5.41, 5.74) is 3.28. The van der Waals surface area contributed by atoms with E-state index in [-0.39, 0.29) is 29.7 Å². The highest BCUT2D eigenvalue weighted by Gasteiger charge is 2.32. The van der Waals surface area contributed by atoms with Crippen LogP contribution in [0.15, 0.2) is 78.9 Å². The first-order valence-electron chi connectivity index (χ1n) is 14.8. The number of rotatable bonds is 13. The van der Waals surface area contributed by atoms with Crippen LogP contribution in [0, 0.1) is 5.82 Å². The van der Waals surface area contributed by atoms with E-state index in [2.05, 4.69) is 10.1 Å². The minimum absolute atomic E-state index is 0.112. The van der Waals surface area contributed by atoms with Gasteiger partial charge in [0, 0.05) is 35.8 Å². The molecule has 0 aliphatic carbocycles. The number of benzene rings is 3. The van der Waals surface area contributed by atoms with Gasteiger partial charge < -0.3 is 29.9 Å². The Labute approximate surface area is 278 Å². The average molecular weight is 689 g/mol. The predicted molar refractivity (Wildman–Crippen MR) is 173 cm³/mol. The lowest BCUT2D eigenvalue weighted by Gasteiger charge is -2.17. The fraction of sp³-hybridized carbons (Fsp3) is 0.257. The summed E-state index contributed by atoms with van der Waals surface area (Å²) in [5.74, 6) is -2.83. The van der Waals surface area contributed by atoms with E-state index in [1.54, 1.807) is 53.1 Å². The van der Waals surface area contributed by atoms with Crippen LogP contribution in [0.2, 0.25) is 5.02 Å². The number of aromatic nitrogens is 1. The van der Waals surface area contributed by atoms with Gasteiger partial charge in [-0.15, -0.1) is 13.2 Å². The van der Waals surface area contributed by atoms with Crippen LogP contribution in [0.3, 0.4) is 0 Å². The standard InChI is InChI=1S/C35H33ClF4N2O6/c1-20(2)42-28(14-13-25(43)17-26(44)18-30(45)46)31(23-9-11-24(37)12-10-23)32(22-6-4-3-5-7-22)33(42)34(47)41-19-21-8-15-29(27(36)16-21)48-35(38,39)40/h3-16,20,25-26,43-44H,17-19H2,1-2H3,(H,41,47)(H,45,46)/b14-13+. The molecular formula is C35H33ClF4N2O6. The second-order valence-electron chi connectivity index (χ2n) is 11.2. The van der Waals surface area contributed by atoms with Gasteiger partial charge in [0.15, 0.2) is 0 Å². The summed E-state index contributed by atoms with van der Waals surface area (Å²) in [6, 6.07) is 17.9. The Kier molecular flexibility index (Phi) is 11.7. The fourth-order valence-corrected chi connectivity index (χ4v) is 5.54. The van der Waals surface area contributed by atoms with Crippen molar-refractivity contribution in [3.63, 3.8) is 0 Å². The second-order valence-corrected chi connectivity index (χ2v) is 11.6. The number of carbonyl (C=O) groups is 2. The fourth-order valence-electron chi connectivity index (χ4n) is 5.30. The Morgan fingerprint density at radius 1 is 0.979 bits per heavy atom. The molecule has 13 heteroatoms. The number of ether oxygens (including phenoxy) is 1. The number of aliphatic hydroxyl groups is 2. The van der Waals surface area contributed by atoms with Crippen molar-refractivity contribution >= 4 is 29.6 Å². The molecule has 8 nitrogen and oxygen atoms in total. The molecule has 0 radical (unpaired) electrons. The molecule has 0 spiro atoms. The van der Waals surface area contributed by atoms with Crippen molar-refractivity contribution in [2.45, 2.75) is 57.8 Å². The number of carboxylic acids is 1. The van der Waals surface area contributed by atoms with Gasteiger partial charge in [0.2, 0.25) is 0 Å². The Balaban J connectivity index is 1.84. The molecule has 3 aromatic carbocycles. The summed E-state index contributed by atoms with van der Waals surface area (Å²) in [6.45, 7) is 3.56. The lowest BCUT2D eigenvalue weighted by molar-refractivity contribution is -0.274. The van der Waals surface area contributed by atoms with Gasteiger partial charge in [-0.3, -0.25) is 9.59 Å². The number of carbonyl (C=O) groups excluding carboxylic acids is 1. The zero-order valence-corrected chi connectivity index (χ0v) is 26.6. The minimum Gasteiger partial charge on any atom is -0.481 e. The molecule has 0 saturated heterocycles. The summed E-state index contributed by atoms with van der Waals surface area (Å²) in [7, 11) is 0. The van der Waals surface area contributed by atoms with Crippen LogP contribution in [-0.4, -0.2) is 50.3 Å². The third-order valence-electron chi connectivity index (χ3n) is 7.25. The number of aliphatic hydroxyl groups excluding tert-OH is 2. The molecule has 4 N–H and O–H groups in total. The molecule has 0 fully saturated rings. The van der Waals surface area contributed by atoms with Crippen LogP contribution < -0.4 is 10.1 Å². The number of amides is 1. The molecule has 0 bridgehead atoms. The Hall–Kier alpha value is -4.65. The van der Waals surface area contributed by atoms with Gasteiger partial charge in [-0.05, 0) is 60.9 Å². The topological polar surface area (TPSA) is 121 Å². The highest BCUT2D eigenvalue weighted by molar-refractivity contribution is 6.32. The van der Waals surface area contributed by atoms with E-state index in [0.29, 0.717) is 33.5 Å². The van der Waals surface area contributed by atoms with Gasteiger partial charge in [0.1, 0.15) is 17.3 Å². The zero-order valence-electron chi connectivity index (χ0n) is 25.8. The molecular weight excluding hydrogens is 656 g/mol. The van der Waals surface area contributed by atoms with Crippen LogP contribution in [0.1, 0.15) is 54.5 Å². The lowest BCUT2D eigenvalue weighted by atomic mass is 9.94. The van der Waals surface area contributed by atoms with Crippen molar-refractivity contribution in [1.82, 2.24) is 9.88 Å². The van der Waals surface area contributed by atoms with Gasteiger partial charge in [0.05, 0.1) is 23.7 Å². The van der Waals surface area contributed by atoms with E-state index in [1.165, 1.54) is 30.3 Å². The zero-order chi connectivity index (χ0) is 35.2. The second kappa shape index (κ2) is 15.5. The molecule has 48 heavy (non-hydrogen) atoms. The first kappa shape index (κ1) is 36.2. The Bertz CT molecular complexity index is 1770. The highest BCUT2D eigenvalue weighted by atomic mass is 35.5. The van der Waals surface area contributed by atoms with Gasteiger partial charge in [-0.1, -0.05) is 66.2 Å². The van der Waals surface area contributed by atoms with E-state index < -0.39 is 48.4 Å². The van der Waals surface area contributed by atoms with Gasteiger partial charge in [-0.25, -0.2) is 4.39 Å². The molecule has 1 aromatic heterocycles. The summed E-state index contributed by atoms with van der Waals surface area (Å²) in [4.78, 5) is 25.2. The SMILES string of the molecule is CC(C)n1c(/C=C/C(O)CC(O)CC(=O)O)c(-c2ccc(F)cc2)c(-c2ccccc2)c1C(=O)NCc1ccc(OC(F)(F)F)c(Cl)c1. The van der Waals surface area contributed by atoms with Crippen molar-refractivity contribution in [3.05, 3.63) is 107 Å². The Morgan fingerprint density at radius 3 is 2.21 bits per heavy atom. The van der Waals surface area contributed by atoms with E-state index in [1.807, 2.05) is 13.8 Å². The maximum atomic E-state index is 14.2. The largest absolute Gasteiger partial charge is 0.573 e. The molecule has 0 aliphatic heterocycles. The predicted octanol–water partition coefficient (Wildman–Crippen LogP) is 7.62. The number of aliphatic carboxylic acids is 1. The molecule has 254 valence electrons. The smallest absolute Gasteiger partial charge is 0.481 e. The normalized spacial score (nSPS) is 13.1. The van der Waals surface area contributed by atoms with Crippen LogP contribution in [0.25, 0.3) is 28.3 Å². The number of hydrogen-bond acceptors (Lipinski definition) is 5. The molecule has 1 heterocycles. The van der Waals surface area contributed by atoms with E-state index in [4.69, 9.17) is 16.7 Å². The third-order valence-corrected chi connectivity index (χ3v) is 7.54. The highest BCUT2D eigenvalue weighted by Crippen LogP contribution is 2.42. The van der Waals surface area contributed by atoms with Crippen molar-refractivity contribution in [1.29, 1.82) is 0 Å². The van der Waals surface area contributed by atoms with Gasteiger partial charge in [-0.2, -0.15) is 0 Å². The molecule has 4 rings (SSSR count). The van der Waals surface area contributed by atoms with Crippen molar-refractivity contribution < 1.29 is 47.2 Å². The number of nitrogens with one attached hydrogen (secondary N) is 1. The number of hydrogen-bond donors (Lipinski definition) is 4. The van der Waals surface area contributed by atoms with Crippen molar-refractivity contribution in [2.75, 3.05) is 0 Å². The minimum atomic E-state index is -4.93. The molecule has 4 aromatic rings. The summed E-state index contributed by atoms with van der Waals surface area (Å²) in [5, 5.41) is 32.2. The van der Waals surface area contributed by atoms with Gasteiger partial charge >= 0.3 is 12.3 Å². The summed E-state index contributed by atoms with van der Waals surface area (Å²) in [6.07, 6.45) is -5.35. The van der Waals surface area contributed by atoms with Crippen molar-refractivity contribution in [2.24, 2.45) is 0 Å². The third kappa shape index (κ3) is 9.24. The summed E-state index contributed by atoms with van der Waals surface area (Å²) >= 11 is 6.02. The van der Waals surface area contributed by atoms with Crippen LogP contribution >= 0.6 is 11.6 Å². The number of alkyl halides is 3. The molecule has 2 atom stereocenters. The van der Waals surface area contributed by atoms with Crippen LogP contribution in [0.5, 0.6) is 5.75 Å².